The molecule has 0 aliphatic heterocycles. The summed E-state index contributed by atoms with van der Waals surface area (Å²) < 4.78 is 5.45. The highest BCUT2D eigenvalue weighted by molar-refractivity contribution is 6.30. The number of ether oxygens (including phenoxy) is 1. The summed E-state index contributed by atoms with van der Waals surface area (Å²) in [5.74, 6) is -0.433. The molecule has 0 aliphatic rings. The van der Waals surface area contributed by atoms with Gasteiger partial charge in [-0.1, -0.05) is 23.2 Å². The maximum Gasteiger partial charge on any atom is 0.279 e. The Morgan fingerprint density at radius 1 is 0.913 bits per heavy atom. The molecular weight excluding hydrogens is 339 g/mol. The summed E-state index contributed by atoms with van der Waals surface area (Å²) in [7, 11) is 0. The molecule has 0 saturated carbocycles. The third kappa shape index (κ3) is 5.16. The lowest BCUT2D eigenvalue weighted by Gasteiger charge is -2.15. The molecule has 0 bridgehead atoms. The zero-order chi connectivity index (χ0) is 16.8. The van der Waals surface area contributed by atoms with E-state index in [-0.39, 0.29) is 0 Å². The second-order valence-corrected chi connectivity index (χ2v) is 5.54. The summed E-state index contributed by atoms with van der Waals surface area (Å²) in [6, 6.07) is 12.9. The van der Waals surface area contributed by atoms with Crippen molar-refractivity contribution in [1.82, 2.24) is 10.9 Å². The van der Waals surface area contributed by atoms with Gasteiger partial charge >= 0.3 is 0 Å². The fourth-order valence-corrected chi connectivity index (χ4v) is 1.92. The molecule has 2 N–H and O–H groups in total. The Morgan fingerprint density at radius 3 is 2.00 bits per heavy atom. The van der Waals surface area contributed by atoms with E-state index in [9.17, 15) is 9.59 Å². The van der Waals surface area contributed by atoms with Crippen LogP contribution in [-0.2, 0) is 4.79 Å². The van der Waals surface area contributed by atoms with Crippen LogP contribution in [0.1, 0.15) is 17.3 Å². The number of hydrogen-bond acceptors (Lipinski definition) is 3. The first-order chi connectivity index (χ1) is 11.0. The molecule has 120 valence electrons. The first-order valence-corrected chi connectivity index (χ1v) is 7.49. The minimum Gasteiger partial charge on any atom is -0.481 e. The predicted molar refractivity (Wildman–Crippen MR) is 88.6 cm³/mol. The number of rotatable bonds is 4. The van der Waals surface area contributed by atoms with Gasteiger partial charge in [0.1, 0.15) is 5.75 Å². The van der Waals surface area contributed by atoms with Crippen LogP contribution in [0.3, 0.4) is 0 Å². The van der Waals surface area contributed by atoms with Crippen molar-refractivity contribution in [3.05, 3.63) is 64.1 Å². The number of amides is 2. The van der Waals surface area contributed by atoms with Gasteiger partial charge < -0.3 is 4.74 Å². The van der Waals surface area contributed by atoms with Crippen molar-refractivity contribution in [2.45, 2.75) is 13.0 Å². The van der Waals surface area contributed by atoms with Crippen LogP contribution in [-0.4, -0.2) is 17.9 Å². The smallest absolute Gasteiger partial charge is 0.279 e. The highest BCUT2D eigenvalue weighted by Crippen LogP contribution is 2.16. The number of nitrogens with one attached hydrogen (secondary N) is 2. The van der Waals surface area contributed by atoms with Crippen LogP contribution in [0.5, 0.6) is 5.75 Å². The largest absolute Gasteiger partial charge is 0.481 e. The average molecular weight is 353 g/mol. The first-order valence-electron chi connectivity index (χ1n) is 6.73. The minimum absolute atomic E-state index is 0.376. The Balaban J connectivity index is 1.84. The van der Waals surface area contributed by atoms with Gasteiger partial charge in [0.25, 0.3) is 11.8 Å². The molecule has 1 atom stereocenters. The molecule has 0 radical (unpaired) electrons. The van der Waals surface area contributed by atoms with Crippen LogP contribution < -0.4 is 15.6 Å². The molecule has 2 aromatic rings. The van der Waals surface area contributed by atoms with Gasteiger partial charge in [0.2, 0.25) is 0 Å². The van der Waals surface area contributed by atoms with Crippen LogP contribution in [0.2, 0.25) is 10.0 Å². The summed E-state index contributed by atoms with van der Waals surface area (Å²) in [6.45, 7) is 1.57. The molecule has 0 heterocycles. The van der Waals surface area contributed by atoms with E-state index in [4.69, 9.17) is 27.9 Å². The van der Waals surface area contributed by atoms with Gasteiger partial charge in [-0.25, -0.2) is 0 Å². The molecular formula is C16H14Cl2N2O3. The normalized spacial score (nSPS) is 11.4. The van der Waals surface area contributed by atoms with Crippen molar-refractivity contribution in [3.8, 4) is 5.75 Å². The fraction of sp³-hybridized carbons (Fsp3) is 0.125. The number of benzene rings is 2. The second kappa shape index (κ2) is 7.85. The molecule has 2 aromatic carbocycles. The van der Waals surface area contributed by atoms with E-state index in [0.717, 1.165) is 0 Å². The summed E-state index contributed by atoms with van der Waals surface area (Å²) >= 11 is 11.5. The average Bonchev–Trinajstić information content (AvgIpc) is 2.55. The van der Waals surface area contributed by atoms with E-state index in [1.54, 1.807) is 55.5 Å². The number of hydrazine groups is 1. The maximum atomic E-state index is 11.9. The predicted octanol–water partition coefficient (Wildman–Crippen LogP) is 3.22. The van der Waals surface area contributed by atoms with Crippen molar-refractivity contribution in [1.29, 1.82) is 0 Å². The fourth-order valence-electron chi connectivity index (χ4n) is 1.66. The minimum atomic E-state index is -0.790. The molecule has 0 aromatic heterocycles. The van der Waals surface area contributed by atoms with Gasteiger partial charge in [-0.05, 0) is 55.5 Å². The van der Waals surface area contributed by atoms with Gasteiger partial charge in [0, 0.05) is 15.6 Å². The summed E-state index contributed by atoms with van der Waals surface area (Å²) in [5.41, 5.74) is 4.99. The van der Waals surface area contributed by atoms with E-state index in [0.29, 0.717) is 21.4 Å². The van der Waals surface area contributed by atoms with Crippen molar-refractivity contribution in [2.24, 2.45) is 0 Å². The van der Waals surface area contributed by atoms with Crippen LogP contribution in [0, 0.1) is 0 Å². The summed E-state index contributed by atoms with van der Waals surface area (Å²) in [6.07, 6.45) is -0.790. The van der Waals surface area contributed by atoms with Crippen molar-refractivity contribution < 1.29 is 14.3 Å². The second-order valence-electron chi connectivity index (χ2n) is 4.66. The molecule has 5 nitrogen and oxygen atoms in total. The molecule has 1 unspecified atom stereocenters. The number of carbonyl (C=O) groups is 2. The Kier molecular flexibility index (Phi) is 5.84. The van der Waals surface area contributed by atoms with E-state index >= 15 is 0 Å². The lowest BCUT2D eigenvalue weighted by molar-refractivity contribution is -0.128. The van der Waals surface area contributed by atoms with Gasteiger partial charge in [-0.3, -0.25) is 20.4 Å². The van der Waals surface area contributed by atoms with Gasteiger partial charge in [-0.15, -0.1) is 0 Å². The third-order valence-corrected chi connectivity index (χ3v) is 3.41. The van der Waals surface area contributed by atoms with E-state index in [1.807, 2.05) is 0 Å². The molecule has 0 fully saturated rings. The van der Waals surface area contributed by atoms with Crippen LogP contribution in [0.15, 0.2) is 48.5 Å². The van der Waals surface area contributed by atoms with Gasteiger partial charge in [0.15, 0.2) is 6.10 Å². The van der Waals surface area contributed by atoms with Crippen LogP contribution in [0.4, 0.5) is 0 Å². The highest BCUT2D eigenvalue weighted by atomic mass is 35.5. The molecule has 7 heteroatoms. The van der Waals surface area contributed by atoms with E-state index in [1.165, 1.54) is 0 Å². The summed E-state index contributed by atoms with van der Waals surface area (Å²) in [5, 5.41) is 1.10. The van der Waals surface area contributed by atoms with Crippen molar-refractivity contribution in [3.63, 3.8) is 0 Å². The zero-order valence-electron chi connectivity index (χ0n) is 12.2. The monoisotopic (exact) mass is 352 g/mol. The third-order valence-electron chi connectivity index (χ3n) is 2.90. The van der Waals surface area contributed by atoms with E-state index < -0.39 is 17.9 Å². The van der Waals surface area contributed by atoms with Gasteiger partial charge in [0.05, 0.1) is 0 Å². The number of halogens is 2. The Hall–Kier alpha value is -2.24. The molecule has 0 saturated heterocycles. The molecule has 23 heavy (non-hydrogen) atoms. The molecule has 0 spiro atoms. The Labute approximate surface area is 143 Å². The zero-order valence-corrected chi connectivity index (χ0v) is 13.7. The maximum absolute atomic E-state index is 11.9. The lowest BCUT2D eigenvalue weighted by atomic mass is 10.2. The highest BCUT2D eigenvalue weighted by Gasteiger charge is 2.15. The number of carbonyl (C=O) groups excluding carboxylic acids is 2. The van der Waals surface area contributed by atoms with E-state index in [2.05, 4.69) is 10.9 Å². The van der Waals surface area contributed by atoms with Gasteiger partial charge in [-0.2, -0.15) is 0 Å². The molecule has 0 aliphatic carbocycles. The standard InChI is InChI=1S/C16H14Cl2N2O3/c1-10(23-14-8-6-13(18)7-9-14)15(21)19-20-16(22)11-2-4-12(17)5-3-11/h2-10H,1H3,(H,19,21)(H,20,22). The van der Waals surface area contributed by atoms with Crippen molar-refractivity contribution in [2.75, 3.05) is 0 Å². The quantitative estimate of drug-likeness (QED) is 0.830. The Morgan fingerprint density at radius 2 is 1.43 bits per heavy atom. The molecule has 2 rings (SSSR count). The Bertz CT molecular complexity index is 687. The number of hydrogen-bond donors (Lipinski definition) is 2. The molecule has 2 amide bonds. The van der Waals surface area contributed by atoms with Crippen LogP contribution >= 0.6 is 23.2 Å². The topological polar surface area (TPSA) is 67.4 Å². The van der Waals surface area contributed by atoms with Crippen LogP contribution in [0.25, 0.3) is 0 Å². The first kappa shape index (κ1) is 17.1. The lowest BCUT2D eigenvalue weighted by Crippen LogP contribution is -2.47. The summed E-state index contributed by atoms with van der Waals surface area (Å²) in [4.78, 5) is 23.8. The van der Waals surface area contributed by atoms with Crippen molar-refractivity contribution >= 4 is 35.0 Å². The SMILES string of the molecule is CC(Oc1ccc(Cl)cc1)C(=O)NNC(=O)c1ccc(Cl)cc1.